The monoisotopic (exact) mass is 265 g/mol. The third-order valence-electron chi connectivity index (χ3n) is 2.68. The van der Waals surface area contributed by atoms with Gasteiger partial charge in [-0.2, -0.15) is 0 Å². The van der Waals surface area contributed by atoms with E-state index in [0.717, 1.165) is 18.0 Å². The van der Waals surface area contributed by atoms with E-state index in [4.69, 9.17) is 0 Å². The van der Waals surface area contributed by atoms with Gasteiger partial charge in [-0.05, 0) is 26.9 Å². The number of aryl methyl sites for hydroxylation is 1. The molecule has 0 unspecified atom stereocenters. The zero-order chi connectivity index (χ0) is 13.1. The summed E-state index contributed by atoms with van der Waals surface area (Å²) in [5, 5.41) is 3.76. The Kier molecular flexibility index (Phi) is 3.98. The van der Waals surface area contributed by atoms with Crippen molar-refractivity contribution < 1.29 is 9.59 Å². The van der Waals surface area contributed by atoms with Crippen molar-refractivity contribution in [3.8, 4) is 0 Å². The second-order valence-electron chi connectivity index (χ2n) is 4.13. The molecule has 0 aromatic carbocycles. The molecule has 0 aliphatic heterocycles. The van der Waals surface area contributed by atoms with Crippen LogP contribution in [0.25, 0.3) is 0 Å². The minimum absolute atomic E-state index is 0.0393. The van der Waals surface area contributed by atoms with Crippen LogP contribution in [0.15, 0.2) is 4.99 Å². The number of thiazole rings is 1. The third kappa shape index (κ3) is 2.54. The molecule has 0 atom stereocenters. The van der Waals surface area contributed by atoms with E-state index in [1.54, 1.807) is 6.92 Å². The summed E-state index contributed by atoms with van der Waals surface area (Å²) in [6, 6.07) is 0. The van der Waals surface area contributed by atoms with Crippen LogP contribution in [0.4, 0.5) is 0 Å². The molecule has 0 saturated carbocycles. The van der Waals surface area contributed by atoms with E-state index in [9.17, 15) is 9.59 Å². The molecule has 1 aromatic heterocycles. The number of rotatable bonds is 4. The molecular formula is C12H15N3O2S. The highest BCUT2D eigenvalue weighted by Gasteiger charge is 2.32. The quantitative estimate of drug-likeness (QED) is 0.832. The van der Waals surface area contributed by atoms with E-state index < -0.39 is 0 Å². The van der Waals surface area contributed by atoms with Gasteiger partial charge in [0.05, 0.1) is 17.1 Å². The second kappa shape index (κ2) is 5.49. The van der Waals surface area contributed by atoms with Gasteiger partial charge in [-0.1, -0.05) is 0 Å². The second-order valence-corrected chi connectivity index (χ2v) is 5.33. The molecule has 96 valence electrons. The highest BCUT2D eigenvalue weighted by atomic mass is 32.1. The Balaban J connectivity index is 2.18. The first-order valence-electron chi connectivity index (χ1n) is 5.86. The summed E-state index contributed by atoms with van der Waals surface area (Å²) >= 11 is 1.29. The molecule has 1 N–H and O–H groups in total. The smallest absolute Gasteiger partial charge is 0.227 e. The van der Waals surface area contributed by atoms with Gasteiger partial charge in [0.2, 0.25) is 5.78 Å². The summed E-state index contributed by atoms with van der Waals surface area (Å²) < 4.78 is 0. The Morgan fingerprint density at radius 2 is 2.22 bits per heavy atom. The number of Topliss-reactive ketones (excluding diaryl/α,β-unsaturated/α-hetero) is 2. The van der Waals surface area contributed by atoms with Crippen molar-refractivity contribution in [3.63, 3.8) is 0 Å². The molecule has 1 aliphatic carbocycles. The lowest BCUT2D eigenvalue weighted by Crippen LogP contribution is -2.26. The van der Waals surface area contributed by atoms with Crippen LogP contribution in [-0.4, -0.2) is 42.4 Å². The highest BCUT2D eigenvalue weighted by Crippen LogP contribution is 2.25. The first kappa shape index (κ1) is 13.0. The molecule has 18 heavy (non-hydrogen) atoms. The Morgan fingerprint density at radius 1 is 1.44 bits per heavy atom. The largest absolute Gasteiger partial charge is 0.320 e. The maximum absolute atomic E-state index is 12.1. The van der Waals surface area contributed by atoms with E-state index in [0.29, 0.717) is 22.8 Å². The predicted octanol–water partition coefficient (Wildman–Crippen LogP) is 1.27. The van der Waals surface area contributed by atoms with Gasteiger partial charge in [-0.25, -0.2) is 4.98 Å². The van der Waals surface area contributed by atoms with Crippen LogP contribution < -0.4 is 5.32 Å². The standard InChI is InChI=1S/C12H15N3O2S/c1-7-15-10-11(17)8(14-5-3-4-13-2)6-9(16)12(10)18-7/h13H,3-6H2,1-2H3. The fourth-order valence-corrected chi connectivity index (χ4v) is 2.67. The normalized spacial score (nSPS) is 17.3. The third-order valence-corrected chi connectivity index (χ3v) is 3.69. The number of hydrogen-bond donors (Lipinski definition) is 1. The van der Waals surface area contributed by atoms with Crippen molar-refractivity contribution in [1.82, 2.24) is 10.3 Å². The molecule has 1 heterocycles. The summed E-state index contributed by atoms with van der Waals surface area (Å²) in [6.07, 6.45) is 0.970. The number of nitrogens with one attached hydrogen (secondary N) is 1. The van der Waals surface area contributed by atoms with Crippen molar-refractivity contribution in [2.75, 3.05) is 20.1 Å². The number of fused-ring (bicyclic) bond motifs is 1. The molecular weight excluding hydrogens is 250 g/mol. The summed E-state index contributed by atoms with van der Waals surface area (Å²) in [6.45, 7) is 3.21. The molecule has 1 aromatic rings. The minimum atomic E-state index is -0.182. The van der Waals surface area contributed by atoms with E-state index >= 15 is 0 Å². The van der Waals surface area contributed by atoms with Gasteiger partial charge in [0.25, 0.3) is 0 Å². The van der Waals surface area contributed by atoms with Gasteiger partial charge in [0.15, 0.2) is 5.78 Å². The van der Waals surface area contributed by atoms with Gasteiger partial charge < -0.3 is 5.32 Å². The summed E-state index contributed by atoms with van der Waals surface area (Å²) in [4.78, 5) is 32.8. The van der Waals surface area contributed by atoms with Crippen LogP contribution in [0, 0.1) is 6.92 Å². The number of carbonyl (C=O) groups is 2. The Morgan fingerprint density at radius 3 is 2.94 bits per heavy atom. The van der Waals surface area contributed by atoms with Gasteiger partial charge in [-0.3, -0.25) is 14.6 Å². The number of ketones is 2. The molecule has 0 fully saturated rings. The van der Waals surface area contributed by atoms with Crippen molar-refractivity contribution >= 4 is 28.6 Å². The van der Waals surface area contributed by atoms with Gasteiger partial charge in [0.1, 0.15) is 10.6 Å². The van der Waals surface area contributed by atoms with Crippen LogP contribution in [0.5, 0.6) is 0 Å². The Labute approximate surface area is 109 Å². The zero-order valence-electron chi connectivity index (χ0n) is 10.4. The lowest BCUT2D eigenvalue weighted by molar-refractivity contribution is 0.0966. The van der Waals surface area contributed by atoms with Gasteiger partial charge in [0, 0.05) is 6.54 Å². The molecule has 1 aliphatic rings. The first-order chi connectivity index (χ1) is 8.63. The molecule has 0 spiro atoms. The van der Waals surface area contributed by atoms with Crippen LogP contribution in [0.1, 0.15) is 38.0 Å². The molecule has 2 rings (SSSR count). The molecule has 5 nitrogen and oxygen atoms in total. The van der Waals surface area contributed by atoms with E-state index in [1.807, 2.05) is 7.05 Å². The summed E-state index contributed by atoms with van der Waals surface area (Å²) in [7, 11) is 1.87. The maximum Gasteiger partial charge on any atom is 0.227 e. The topological polar surface area (TPSA) is 71.4 Å². The summed E-state index contributed by atoms with van der Waals surface area (Å²) in [5.41, 5.74) is 0.648. The van der Waals surface area contributed by atoms with Crippen molar-refractivity contribution in [2.45, 2.75) is 19.8 Å². The molecule has 6 heteroatoms. The zero-order valence-corrected chi connectivity index (χ0v) is 11.3. The lowest BCUT2D eigenvalue weighted by atomic mass is 9.98. The number of aliphatic imine (C=N–C) groups is 1. The number of carbonyl (C=O) groups excluding carboxylic acids is 2. The number of nitrogens with zero attached hydrogens (tertiary/aromatic N) is 2. The number of aromatic nitrogens is 1. The average molecular weight is 265 g/mol. The van der Waals surface area contributed by atoms with E-state index in [2.05, 4.69) is 15.3 Å². The Hall–Kier alpha value is -1.40. The van der Waals surface area contributed by atoms with E-state index in [1.165, 1.54) is 11.3 Å². The fourth-order valence-electron chi connectivity index (χ4n) is 1.82. The van der Waals surface area contributed by atoms with Crippen LogP contribution in [-0.2, 0) is 0 Å². The van der Waals surface area contributed by atoms with Crippen molar-refractivity contribution in [2.24, 2.45) is 4.99 Å². The first-order valence-corrected chi connectivity index (χ1v) is 6.68. The average Bonchev–Trinajstić information content (AvgIpc) is 2.73. The predicted molar refractivity (Wildman–Crippen MR) is 71.0 cm³/mol. The highest BCUT2D eigenvalue weighted by molar-refractivity contribution is 7.14. The van der Waals surface area contributed by atoms with Crippen LogP contribution in [0.2, 0.25) is 0 Å². The fraction of sp³-hybridized carbons (Fsp3) is 0.500. The SMILES string of the molecule is CNCCCN=C1CC(=O)c2sc(C)nc2C1=O. The lowest BCUT2D eigenvalue weighted by Gasteiger charge is -2.10. The van der Waals surface area contributed by atoms with Gasteiger partial charge in [-0.15, -0.1) is 11.3 Å². The maximum atomic E-state index is 12.1. The molecule has 0 radical (unpaired) electrons. The molecule has 0 bridgehead atoms. The minimum Gasteiger partial charge on any atom is -0.320 e. The van der Waals surface area contributed by atoms with Gasteiger partial charge >= 0.3 is 0 Å². The van der Waals surface area contributed by atoms with E-state index in [-0.39, 0.29) is 18.0 Å². The van der Waals surface area contributed by atoms with Crippen LogP contribution >= 0.6 is 11.3 Å². The van der Waals surface area contributed by atoms with Crippen molar-refractivity contribution in [1.29, 1.82) is 0 Å². The van der Waals surface area contributed by atoms with Crippen molar-refractivity contribution in [3.05, 3.63) is 15.6 Å². The molecule has 0 amide bonds. The molecule has 0 saturated heterocycles. The van der Waals surface area contributed by atoms with Crippen LogP contribution in [0.3, 0.4) is 0 Å². The number of hydrogen-bond acceptors (Lipinski definition) is 6. The Bertz CT molecular complexity index is 519. The summed E-state index contributed by atoms with van der Waals surface area (Å²) in [5.74, 6) is -0.221.